The number of nitrogens with zero attached hydrogens (tertiary/aromatic N) is 5. The molecule has 0 aliphatic carbocycles. The summed E-state index contributed by atoms with van der Waals surface area (Å²) in [4.78, 5) is 16.5. The van der Waals surface area contributed by atoms with Crippen LogP contribution in [0.2, 0.25) is 5.02 Å². The van der Waals surface area contributed by atoms with Gasteiger partial charge in [-0.25, -0.2) is 0 Å². The largest absolute Gasteiger partial charge is 0.278 e. The van der Waals surface area contributed by atoms with E-state index in [0.717, 1.165) is 0 Å². The van der Waals surface area contributed by atoms with Gasteiger partial charge in [-0.05, 0) is 38.1 Å². The standard InChI is InChI=1S/C17H14ClN5O/c1-11-16(21-20-15-6-4-3-5-14(15)18)12(2)23(22-11)17(24)13-7-9-19-10-8-13/h3-10H,1-2H3. The van der Waals surface area contributed by atoms with Crippen molar-refractivity contribution in [2.75, 3.05) is 0 Å². The number of halogens is 1. The van der Waals surface area contributed by atoms with Crippen molar-refractivity contribution in [3.05, 3.63) is 70.8 Å². The minimum atomic E-state index is -0.239. The zero-order valence-electron chi connectivity index (χ0n) is 13.1. The monoisotopic (exact) mass is 339 g/mol. The molecule has 0 fully saturated rings. The molecule has 0 atom stereocenters. The van der Waals surface area contributed by atoms with Gasteiger partial charge in [0.2, 0.25) is 0 Å². The number of carbonyl (C=O) groups is 1. The van der Waals surface area contributed by atoms with Crippen LogP contribution in [-0.2, 0) is 0 Å². The van der Waals surface area contributed by atoms with E-state index in [0.29, 0.717) is 33.3 Å². The van der Waals surface area contributed by atoms with Crippen molar-refractivity contribution in [1.29, 1.82) is 0 Å². The maximum Gasteiger partial charge on any atom is 0.278 e. The van der Waals surface area contributed by atoms with Crippen molar-refractivity contribution in [2.24, 2.45) is 10.2 Å². The first-order valence-corrected chi connectivity index (χ1v) is 7.63. The molecule has 3 aromatic rings. The number of azo groups is 1. The number of aromatic nitrogens is 3. The molecule has 120 valence electrons. The van der Waals surface area contributed by atoms with Crippen LogP contribution in [0.5, 0.6) is 0 Å². The van der Waals surface area contributed by atoms with Crippen LogP contribution < -0.4 is 0 Å². The predicted octanol–water partition coefficient (Wildman–Crippen LogP) is 4.65. The Labute approximate surface area is 143 Å². The summed E-state index contributed by atoms with van der Waals surface area (Å²) in [5.41, 5.74) is 2.85. The lowest BCUT2D eigenvalue weighted by molar-refractivity contribution is 0.0942. The molecular weight excluding hydrogens is 326 g/mol. The number of rotatable bonds is 3. The number of hydrogen-bond acceptors (Lipinski definition) is 5. The molecule has 0 saturated heterocycles. The van der Waals surface area contributed by atoms with Crippen molar-refractivity contribution < 1.29 is 4.79 Å². The lowest BCUT2D eigenvalue weighted by Gasteiger charge is -2.02. The molecule has 0 bridgehead atoms. The zero-order chi connectivity index (χ0) is 17.1. The molecular formula is C17H14ClN5O. The van der Waals surface area contributed by atoms with Gasteiger partial charge >= 0.3 is 0 Å². The molecule has 0 aliphatic rings. The first kappa shape index (κ1) is 16.0. The van der Waals surface area contributed by atoms with Gasteiger partial charge < -0.3 is 0 Å². The number of benzene rings is 1. The molecule has 3 rings (SSSR count). The van der Waals surface area contributed by atoms with Crippen LogP contribution >= 0.6 is 11.6 Å². The maximum atomic E-state index is 12.5. The molecule has 1 aromatic carbocycles. The summed E-state index contributed by atoms with van der Waals surface area (Å²) in [5, 5.41) is 13.2. The second-order valence-corrected chi connectivity index (χ2v) is 5.53. The normalized spacial score (nSPS) is 11.1. The van der Waals surface area contributed by atoms with Crippen molar-refractivity contribution in [2.45, 2.75) is 13.8 Å². The second-order valence-electron chi connectivity index (χ2n) is 5.12. The fourth-order valence-corrected chi connectivity index (χ4v) is 2.40. The van der Waals surface area contributed by atoms with E-state index in [4.69, 9.17) is 11.6 Å². The molecule has 0 N–H and O–H groups in total. The van der Waals surface area contributed by atoms with Crippen LogP contribution in [0.15, 0.2) is 59.0 Å². The number of hydrogen-bond donors (Lipinski definition) is 0. The van der Waals surface area contributed by atoms with Crippen molar-refractivity contribution >= 4 is 28.9 Å². The molecule has 6 nitrogen and oxygen atoms in total. The Morgan fingerprint density at radius 3 is 2.50 bits per heavy atom. The Morgan fingerprint density at radius 1 is 1.08 bits per heavy atom. The van der Waals surface area contributed by atoms with E-state index >= 15 is 0 Å². The molecule has 24 heavy (non-hydrogen) atoms. The van der Waals surface area contributed by atoms with Crippen LogP contribution in [0.1, 0.15) is 21.7 Å². The highest BCUT2D eigenvalue weighted by molar-refractivity contribution is 6.32. The topological polar surface area (TPSA) is 72.5 Å². The van der Waals surface area contributed by atoms with Gasteiger partial charge in [-0.2, -0.15) is 9.78 Å². The third-order valence-electron chi connectivity index (χ3n) is 3.48. The van der Waals surface area contributed by atoms with E-state index in [-0.39, 0.29) is 5.91 Å². The predicted molar refractivity (Wildman–Crippen MR) is 91.3 cm³/mol. The van der Waals surface area contributed by atoms with Gasteiger partial charge in [0.15, 0.2) is 0 Å². The Hall–Kier alpha value is -2.86. The molecule has 0 amide bonds. The summed E-state index contributed by atoms with van der Waals surface area (Å²) in [6.07, 6.45) is 3.13. The Bertz CT molecular complexity index is 918. The minimum Gasteiger partial charge on any atom is -0.267 e. The molecule has 2 heterocycles. The van der Waals surface area contributed by atoms with Crippen LogP contribution in [0.3, 0.4) is 0 Å². The number of carbonyl (C=O) groups excluding carboxylic acids is 1. The van der Waals surface area contributed by atoms with E-state index in [2.05, 4.69) is 20.3 Å². The molecule has 7 heteroatoms. The summed E-state index contributed by atoms with van der Waals surface area (Å²) < 4.78 is 1.33. The summed E-state index contributed by atoms with van der Waals surface area (Å²) in [6.45, 7) is 3.56. The SMILES string of the molecule is Cc1nn(C(=O)c2ccncc2)c(C)c1N=Nc1ccccc1Cl. The Kier molecular flexibility index (Phi) is 4.48. The van der Waals surface area contributed by atoms with Crippen LogP contribution in [0, 0.1) is 13.8 Å². The third-order valence-corrected chi connectivity index (χ3v) is 3.80. The van der Waals surface area contributed by atoms with Gasteiger partial charge in [0.25, 0.3) is 5.91 Å². The highest BCUT2D eigenvalue weighted by Crippen LogP contribution is 2.29. The van der Waals surface area contributed by atoms with Gasteiger partial charge in [0.05, 0.1) is 16.4 Å². The molecule has 0 spiro atoms. The molecule has 0 unspecified atom stereocenters. The van der Waals surface area contributed by atoms with E-state index in [9.17, 15) is 4.79 Å². The average Bonchev–Trinajstić information content (AvgIpc) is 2.89. The summed E-state index contributed by atoms with van der Waals surface area (Å²) in [6, 6.07) is 10.4. The van der Waals surface area contributed by atoms with Crippen LogP contribution in [-0.4, -0.2) is 20.7 Å². The molecule has 0 aliphatic heterocycles. The van der Waals surface area contributed by atoms with Gasteiger partial charge in [0, 0.05) is 18.0 Å². The highest BCUT2D eigenvalue weighted by Gasteiger charge is 2.18. The zero-order valence-corrected chi connectivity index (χ0v) is 13.9. The van der Waals surface area contributed by atoms with Gasteiger partial charge in [-0.3, -0.25) is 9.78 Å². The van der Waals surface area contributed by atoms with Crippen LogP contribution in [0.4, 0.5) is 11.4 Å². The fraction of sp³-hybridized carbons (Fsp3) is 0.118. The van der Waals surface area contributed by atoms with Gasteiger partial charge in [-0.1, -0.05) is 23.7 Å². The minimum absolute atomic E-state index is 0.239. The molecule has 2 aromatic heterocycles. The van der Waals surface area contributed by atoms with Gasteiger partial charge in [0.1, 0.15) is 11.4 Å². The smallest absolute Gasteiger partial charge is 0.267 e. The van der Waals surface area contributed by atoms with Crippen LogP contribution in [0.25, 0.3) is 0 Å². The maximum absolute atomic E-state index is 12.5. The first-order chi connectivity index (χ1) is 11.6. The highest BCUT2D eigenvalue weighted by atomic mass is 35.5. The van der Waals surface area contributed by atoms with E-state index in [1.807, 2.05) is 12.1 Å². The van der Waals surface area contributed by atoms with E-state index < -0.39 is 0 Å². The number of aryl methyl sites for hydroxylation is 1. The summed E-state index contributed by atoms with van der Waals surface area (Å²) in [7, 11) is 0. The molecule has 0 radical (unpaired) electrons. The Balaban J connectivity index is 1.96. The van der Waals surface area contributed by atoms with E-state index in [1.165, 1.54) is 4.68 Å². The third kappa shape index (κ3) is 3.09. The van der Waals surface area contributed by atoms with Gasteiger partial charge in [-0.15, -0.1) is 10.2 Å². The lowest BCUT2D eigenvalue weighted by atomic mass is 10.2. The van der Waals surface area contributed by atoms with E-state index in [1.54, 1.807) is 50.5 Å². The lowest BCUT2D eigenvalue weighted by Crippen LogP contribution is -2.15. The molecule has 0 saturated carbocycles. The second kappa shape index (κ2) is 6.72. The summed E-state index contributed by atoms with van der Waals surface area (Å²) in [5.74, 6) is -0.239. The fourth-order valence-electron chi connectivity index (χ4n) is 2.23. The Morgan fingerprint density at radius 2 is 1.79 bits per heavy atom. The quantitative estimate of drug-likeness (QED) is 0.652. The number of pyridine rings is 1. The average molecular weight is 340 g/mol. The summed E-state index contributed by atoms with van der Waals surface area (Å²) >= 11 is 6.07. The first-order valence-electron chi connectivity index (χ1n) is 7.25. The van der Waals surface area contributed by atoms with Crippen molar-refractivity contribution in [1.82, 2.24) is 14.8 Å². The van der Waals surface area contributed by atoms with Crippen molar-refractivity contribution in [3.8, 4) is 0 Å². The van der Waals surface area contributed by atoms with Crippen molar-refractivity contribution in [3.63, 3.8) is 0 Å².